The summed E-state index contributed by atoms with van der Waals surface area (Å²) in [6.45, 7) is 7.34. The quantitative estimate of drug-likeness (QED) is 0.584. The average molecular weight is 166 g/mol. The van der Waals surface area contributed by atoms with Crippen molar-refractivity contribution in [2.45, 2.75) is 52.9 Å². The summed E-state index contributed by atoms with van der Waals surface area (Å²) in [5.74, 6) is 3.06. The molecule has 0 heteroatoms. The molecule has 0 nitrogen and oxygen atoms in total. The van der Waals surface area contributed by atoms with Crippen molar-refractivity contribution < 1.29 is 0 Å². The van der Waals surface area contributed by atoms with E-state index in [0.29, 0.717) is 0 Å². The molecule has 2 atom stereocenters. The summed E-state index contributed by atoms with van der Waals surface area (Å²) in [5, 5.41) is 0. The van der Waals surface area contributed by atoms with Gasteiger partial charge in [0.15, 0.2) is 0 Å². The molecule has 2 saturated carbocycles. The fourth-order valence-electron chi connectivity index (χ4n) is 3.22. The lowest BCUT2D eigenvalue weighted by Gasteiger charge is -2.28. The standard InChI is InChI=1S/C12H22/c1-9(2)10-5-4-6-11(10)12(3)7-8-12/h9-11H,4-8H2,1-3H3. The van der Waals surface area contributed by atoms with Crippen LogP contribution in [-0.2, 0) is 0 Å². The van der Waals surface area contributed by atoms with E-state index < -0.39 is 0 Å². The molecule has 0 bridgehead atoms. The van der Waals surface area contributed by atoms with Crippen molar-refractivity contribution in [3.8, 4) is 0 Å². The van der Waals surface area contributed by atoms with Gasteiger partial charge in [0.2, 0.25) is 0 Å². The Bertz CT molecular complexity index is 165. The zero-order valence-electron chi connectivity index (χ0n) is 8.77. The van der Waals surface area contributed by atoms with Gasteiger partial charge in [-0.15, -0.1) is 0 Å². The Morgan fingerprint density at radius 3 is 2.33 bits per heavy atom. The van der Waals surface area contributed by atoms with Gasteiger partial charge in [0.05, 0.1) is 0 Å². The highest BCUT2D eigenvalue weighted by atomic mass is 14.5. The summed E-state index contributed by atoms with van der Waals surface area (Å²) >= 11 is 0. The molecule has 2 aliphatic carbocycles. The van der Waals surface area contributed by atoms with Gasteiger partial charge in [0, 0.05) is 0 Å². The molecule has 2 fully saturated rings. The summed E-state index contributed by atoms with van der Waals surface area (Å²) in [4.78, 5) is 0. The SMILES string of the molecule is CC(C)C1CCCC1C1(C)CC1. The van der Waals surface area contributed by atoms with E-state index in [0.717, 1.165) is 23.2 Å². The van der Waals surface area contributed by atoms with Crippen LogP contribution >= 0.6 is 0 Å². The number of rotatable bonds is 2. The largest absolute Gasteiger partial charge is 0.0625 e. The van der Waals surface area contributed by atoms with E-state index in [2.05, 4.69) is 20.8 Å². The van der Waals surface area contributed by atoms with Crippen LogP contribution in [0.4, 0.5) is 0 Å². The van der Waals surface area contributed by atoms with Crippen molar-refractivity contribution in [3.63, 3.8) is 0 Å². The predicted molar refractivity (Wildman–Crippen MR) is 53.0 cm³/mol. The van der Waals surface area contributed by atoms with Crippen LogP contribution in [0.1, 0.15) is 52.9 Å². The van der Waals surface area contributed by atoms with Gasteiger partial charge in [-0.05, 0) is 48.9 Å². The van der Waals surface area contributed by atoms with Crippen molar-refractivity contribution in [3.05, 3.63) is 0 Å². The highest BCUT2D eigenvalue weighted by Gasteiger charge is 2.49. The monoisotopic (exact) mass is 166 g/mol. The Labute approximate surface area is 76.7 Å². The molecule has 0 aromatic rings. The van der Waals surface area contributed by atoms with E-state index in [1.807, 2.05) is 0 Å². The molecule has 0 aromatic heterocycles. The van der Waals surface area contributed by atoms with E-state index in [9.17, 15) is 0 Å². The smallest absolute Gasteiger partial charge is 0.0294 e. The maximum Gasteiger partial charge on any atom is -0.0294 e. The minimum absolute atomic E-state index is 0.783. The van der Waals surface area contributed by atoms with Crippen molar-refractivity contribution in [2.24, 2.45) is 23.2 Å². The van der Waals surface area contributed by atoms with Crippen LogP contribution in [0.15, 0.2) is 0 Å². The molecule has 0 N–H and O–H groups in total. The van der Waals surface area contributed by atoms with Crippen molar-refractivity contribution >= 4 is 0 Å². The predicted octanol–water partition coefficient (Wildman–Crippen LogP) is 3.86. The molecule has 2 rings (SSSR count). The highest BCUT2D eigenvalue weighted by molar-refractivity contribution is 4.99. The second kappa shape index (κ2) is 2.75. The summed E-state index contributed by atoms with van der Waals surface area (Å²) in [7, 11) is 0. The van der Waals surface area contributed by atoms with Gasteiger partial charge in [0.1, 0.15) is 0 Å². The van der Waals surface area contributed by atoms with Gasteiger partial charge < -0.3 is 0 Å². The van der Waals surface area contributed by atoms with Crippen LogP contribution in [0.2, 0.25) is 0 Å². The van der Waals surface area contributed by atoms with Gasteiger partial charge >= 0.3 is 0 Å². The first kappa shape index (κ1) is 8.59. The first-order valence-electron chi connectivity index (χ1n) is 5.63. The summed E-state index contributed by atoms with van der Waals surface area (Å²) in [6, 6.07) is 0. The second-order valence-electron chi connectivity index (χ2n) is 5.60. The lowest BCUT2D eigenvalue weighted by molar-refractivity contribution is 0.207. The Morgan fingerprint density at radius 1 is 1.17 bits per heavy atom. The van der Waals surface area contributed by atoms with Crippen molar-refractivity contribution in [1.29, 1.82) is 0 Å². The highest BCUT2D eigenvalue weighted by Crippen LogP contribution is 2.59. The van der Waals surface area contributed by atoms with Crippen LogP contribution < -0.4 is 0 Å². The first-order valence-corrected chi connectivity index (χ1v) is 5.63. The van der Waals surface area contributed by atoms with Gasteiger partial charge in [-0.1, -0.05) is 27.2 Å². The average Bonchev–Trinajstić information content (AvgIpc) is 2.61. The van der Waals surface area contributed by atoms with Crippen molar-refractivity contribution in [1.82, 2.24) is 0 Å². The third-order valence-corrected chi connectivity index (χ3v) is 4.36. The van der Waals surface area contributed by atoms with Crippen LogP contribution in [-0.4, -0.2) is 0 Å². The minimum atomic E-state index is 0.783. The third kappa shape index (κ3) is 1.30. The summed E-state index contributed by atoms with van der Waals surface area (Å²) < 4.78 is 0. The Morgan fingerprint density at radius 2 is 1.83 bits per heavy atom. The van der Waals surface area contributed by atoms with Crippen molar-refractivity contribution in [2.75, 3.05) is 0 Å². The molecule has 0 aliphatic heterocycles. The van der Waals surface area contributed by atoms with E-state index >= 15 is 0 Å². The van der Waals surface area contributed by atoms with Crippen LogP contribution in [0.3, 0.4) is 0 Å². The van der Waals surface area contributed by atoms with Gasteiger partial charge in [-0.3, -0.25) is 0 Å². The summed E-state index contributed by atoms with van der Waals surface area (Å²) in [5.41, 5.74) is 0.783. The topological polar surface area (TPSA) is 0 Å². The lowest BCUT2D eigenvalue weighted by atomic mass is 9.77. The first-order chi connectivity index (χ1) is 5.63. The van der Waals surface area contributed by atoms with Crippen LogP contribution in [0.25, 0.3) is 0 Å². The van der Waals surface area contributed by atoms with E-state index in [4.69, 9.17) is 0 Å². The molecule has 70 valence electrons. The second-order valence-corrected chi connectivity index (χ2v) is 5.60. The molecule has 0 saturated heterocycles. The van der Waals surface area contributed by atoms with Gasteiger partial charge in [0.25, 0.3) is 0 Å². The van der Waals surface area contributed by atoms with E-state index in [-0.39, 0.29) is 0 Å². The molecular formula is C12H22. The fourth-order valence-corrected chi connectivity index (χ4v) is 3.22. The molecule has 0 spiro atoms. The van der Waals surface area contributed by atoms with Crippen LogP contribution in [0.5, 0.6) is 0 Å². The van der Waals surface area contributed by atoms with E-state index in [1.165, 1.54) is 32.1 Å². The maximum atomic E-state index is 2.51. The van der Waals surface area contributed by atoms with E-state index in [1.54, 1.807) is 0 Å². The molecule has 2 unspecified atom stereocenters. The molecule has 12 heavy (non-hydrogen) atoms. The normalized spacial score (nSPS) is 39.0. The lowest BCUT2D eigenvalue weighted by Crippen LogP contribution is -2.21. The molecule has 0 amide bonds. The van der Waals surface area contributed by atoms with Gasteiger partial charge in [-0.25, -0.2) is 0 Å². The maximum absolute atomic E-state index is 2.51. The number of hydrogen-bond donors (Lipinski definition) is 0. The molecule has 0 aromatic carbocycles. The summed E-state index contributed by atoms with van der Waals surface area (Å²) in [6.07, 6.45) is 7.57. The fraction of sp³-hybridized carbons (Fsp3) is 1.00. The van der Waals surface area contributed by atoms with Crippen LogP contribution in [0, 0.1) is 23.2 Å². The molecule has 0 heterocycles. The zero-order chi connectivity index (χ0) is 8.77. The molecular weight excluding hydrogens is 144 g/mol. The Balaban J connectivity index is 2.04. The minimum Gasteiger partial charge on any atom is -0.0625 e. The molecule has 0 radical (unpaired) electrons. The Kier molecular flexibility index (Phi) is 1.97. The zero-order valence-corrected chi connectivity index (χ0v) is 8.77. The Hall–Kier alpha value is 0. The number of hydrogen-bond acceptors (Lipinski definition) is 0. The molecule has 2 aliphatic rings. The van der Waals surface area contributed by atoms with Gasteiger partial charge in [-0.2, -0.15) is 0 Å². The third-order valence-electron chi connectivity index (χ3n) is 4.36.